The van der Waals surface area contributed by atoms with Crippen LogP contribution in [0.4, 0.5) is 9.18 Å². The summed E-state index contributed by atoms with van der Waals surface area (Å²) in [6.45, 7) is 3.09. The smallest absolute Gasteiger partial charge is 0.338 e. The molecule has 0 aromatic heterocycles. The number of methoxy groups -OCH3 is 2. The number of carbonyl (C=O) groups is 3. The fraction of sp³-hybridized carbons (Fsp3) is 0.250. The number of halogens is 2. The van der Waals surface area contributed by atoms with Crippen LogP contribution >= 0.6 is 15.9 Å². The lowest BCUT2D eigenvalue weighted by Crippen LogP contribution is -2.45. The molecule has 3 amide bonds. The summed E-state index contributed by atoms with van der Waals surface area (Å²) in [6.07, 6.45) is 1.41. The second kappa shape index (κ2) is 15.8. The van der Waals surface area contributed by atoms with E-state index in [2.05, 4.69) is 37.1 Å². The van der Waals surface area contributed by atoms with Gasteiger partial charge in [0.2, 0.25) is 0 Å². The number of ether oxygens (including phenoxy) is 5. The second-order valence-electron chi connectivity index (χ2n) is 9.69. The standard InChI is InChI=1S/C32H32BrFN4O8/c1-5-44-31(40)29-18(2)36-32(41)37-30(29)19-10-11-24(25(12-19)42-3)46-17-28(39)38-35-15-21-13-26(43-4)27(14-22(21)33)45-16-20-8-6-7-9-23(20)34/h6-15,30H,5,16-17H2,1-4H3,(H,38,39)(H2,36,37,41)/b35-15-/t30-/m1/s1. The minimum absolute atomic E-state index is 0.00640. The third-order valence-corrected chi connectivity index (χ3v) is 7.35. The third kappa shape index (κ3) is 8.33. The Hall–Kier alpha value is -5.11. The first-order valence-electron chi connectivity index (χ1n) is 14.0. The van der Waals surface area contributed by atoms with Crippen LogP contribution < -0.4 is 35.0 Å². The van der Waals surface area contributed by atoms with Crippen molar-refractivity contribution in [3.63, 3.8) is 0 Å². The molecule has 0 bridgehead atoms. The van der Waals surface area contributed by atoms with Crippen LogP contribution in [0.2, 0.25) is 0 Å². The van der Waals surface area contributed by atoms with Gasteiger partial charge in [-0.05, 0) is 65.7 Å². The minimum atomic E-state index is -0.793. The Balaban J connectivity index is 1.38. The molecule has 3 aromatic rings. The van der Waals surface area contributed by atoms with Crippen molar-refractivity contribution in [3.05, 3.63) is 92.8 Å². The van der Waals surface area contributed by atoms with E-state index in [1.165, 1.54) is 26.5 Å². The molecule has 242 valence electrons. The van der Waals surface area contributed by atoms with Gasteiger partial charge >= 0.3 is 12.0 Å². The zero-order valence-corrected chi connectivity index (χ0v) is 27.0. The van der Waals surface area contributed by atoms with Crippen molar-refractivity contribution in [3.8, 4) is 23.0 Å². The average molecular weight is 700 g/mol. The van der Waals surface area contributed by atoms with Crippen LogP contribution in [0.25, 0.3) is 0 Å². The summed E-state index contributed by atoms with van der Waals surface area (Å²) in [4.78, 5) is 37.3. The molecular formula is C32H32BrFN4O8. The molecular weight excluding hydrogens is 667 g/mol. The molecule has 0 radical (unpaired) electrons. The molecule has 1 atom stereocenters. The normalized spacial score (nSPS) is 14.3. The summed E-state index contributed by atoms with van der Waals surface area (Å²) in [7, 11) is 2.90. The maximum Gasteiger partial charge on any atom is 0.338 e. The highest BCUT2D eigenvalue weighted by Crippen LogP contribution is 2.35. The van der Waals surface area contributed by atoms with Crippen molar-refractivity contribution in [1.29, 1.82) is 0 Å². The first kappa shape index (κ1) is 33.8. The van der Waals surface area contributed by atoms with Crippen LogP contribution in [-0.2, 0) is 20.9 Å². The second-order valence-corrected chi connectivity index (χ2v) is 10.5. The number of carbonyl (C=O) groups excluding carboxylic acids is 3. The molecule has 3 N–H and O–H groups in total. The van der Waals surface area contributed by atoms with Gasteiger partial charge in [0.05, 0.1) is 38.7 Å². The molecule has 12 nitrogen and oxygen atoms in total. The Labute approximate surface area is 273 Å². The molecule has 3 aromatic carbocycles. The molecule has 0 aliphatic carbocycles. The van der Waals surface area contributed by atoms with Crippen molar-refractivity contribution in [2.24, 2.45) is 5.10 Å². The van der Waals surface area contributed by atoms with E-state index in [1.807, 2.05) is 0 Å². The highest BCUT2D eigenvalue weighted by atomic mass is 79.9. The SMILES string of the molecule is CCOC(=O)C1=C(C)NC(=O)N[C@@H]1c1ccc(OCC(=O)N/N=C\c2cc(OC)c(OCc3ccccc3F)cc2Br)c(OC)c1. The molecule has 0 fully saturated rings. The number of benzene rings is 3. The lowest BCUT2D eigenvalue weighted by molar-refractivity contribution is -0.139. The summed E-state index contributed by atoms with van der Waals surface area (Å²) in [5, 5.41) is 9.30. The topological polar surface area (TPSA) is 146 Å². The number of allylic oxidation sites excluding steroid dienone is 1. The minimum Gasteiger partial charge on any atom is -0.493 e. The predicted octanol–water partition coefficient (Wildman–Crippen LogP) is 4.90. The van der Waals surface area contributed by atoms with E-state index in [0.717, 1.165) is 0 Å². The van der Waals surface area contributed by atoms with E-state index in [4.69, 9.17) is 23.7 Å². The zero-order valence-electron chi connectivity index (χ0n) is 25.4. The number of hydrazone groups is 1. The van der Waals surface area contributed by atoms with Gasteiger partial charge in [-0.15, -0.1) is 0 Å². The Kier molecular flexibility index (Phi) is 11.6. The maximum atomic E-state index is 14.0. The van der Waals surface area contributed by atoms with Gasteiger partial charge in [-0.2, -0.15) is 5.10 Å². The number of hydrogen-bond acceptors (Lipinski definition) is 9. The molecule has 4 rings (SSSR count). The predicted molar refractivity (Wildman–Crippen MR) is 169 cm³/mol. The van der Waals surface area contributed by atoms with Crippen molar-refractivity contribution < 1.29 is 42.5 Å². The first-order valence-corrected chi connectivity index (χ1v) is 14.8. The number of esters is 1. The molecule has 1 aliphatic heterocycles. The van der Waals surface area contributed by atoms with Gasteiger partial charge in [0, 0.05) is 21.3 Å². The molecule has 0 unspecified atom stereocenters. The quantitative estimate of drug-likeness (QED) is 0.130. The van der Waals surface area contributed by atoms with Gasteiger partial charge < -0.3 is 34.3 Å². The fourth-order valence-corrected chi connectivity index (χ4v) is 4.87. The van der Waals surface area contributed by atoms with E-state index in [0.29, 0.717) is 38.4 Å². The van der Waals surface area contributed by atoms with Gasteiger partial charge in [0.15, 0.2) is 29.6 Å². The van der Waals surface area contributed by atoms with Crippen molar-refractivity contribution in [1.82, 2.24) is 16.1 Å². The molecule has 0 saturated carbocycles. The van der Waals surface area contributed by atoms with Crippen LogP contribution in [0.3, 0.4) is 0 Å². The molecule has 0 spiro atoms. The summed E-state index contributed by atoms with van der Waals surface area (Å²) in [6, 6.07) is 13.2. The van der Waals surface area contributed by atoms with E-state index >= 15 is 0 Å². The maximum absolute atomic E-state index is 14.0. The third-order valence-electron chi connectivity index (χ3n) is 6.66. The monoisotopic (exact) mass is 698 g/mol. The van der Waals surface area contributed by atoms with E-state index in [9.17, 15) is 18.8 Å². The Morgan fingerprint density at radius 3 is 2.48 bits per heavy atom. The summed E-state index contributed by atoms with van der Waals surface area (Å²) >= 11 is 3.45. The Bertz CT molecular complexity index is 1680. The average Bonchev–Trinajstić information content (AvgIpc) is 3.03. The molecule has 46 heavy (non-hydrogen) atoms. The largest absolute Gasteiger partial charge is 0.493 e. The molecule has 1 heterocycles. The van der Waals surface area contributed by atoms with Crippen molar-refractivity contribution in [2.45, 2.75) is 26.5 Å². The molecule has 0 saturated heterocycles. The van der Waals surface area contributed by atoms with Crippen molar-refractivity contribution in [2.75, 3.05) is 27.4 Å². The van der Waals surface area contributed by atoms with E-state index < -0.39 is 30.6 Å². The highest BCUT2D eigenvalue weighted by molar-refractivity contribution is 9.10. The molecule has 1 aliphatic rings. The van der Waals surface area contributed by atoms with Gasteiger partial charge in [-0.25, -0.2) is 19.4 Å². The van der Waals surface area contributed by atoms with Crippen LogP contribution in [-0.4, -0.2) is 51.6 Å². The lowest BCUT2D eigenvalue weighted by Gasteiger charge is -2.28. The van der Waals surface area contributed by atoms with Crippen LogP contribution in [0.1, 0.15) is 36.6 Å². The summed E-state index contributed by atoms with van der Waals surface area (Å²) < 4.78 is 42.0. The lowest BCUT2D eigenvalue weighted by atomic mass is 9.95. The van der Waals surface area contributed by atoms with Crippen LogP contribution in [0.5, 0.6) is 23.0 Å². The number of nitrogens with one attached hydrogen (secondary N) is 3. The summed E-state index contributed by atoms with van der Waals surface area (Å²) in [5.74, 6) is -0.192. The number of hydrogen-bond donors (Lipinski definition) is 3. The number of amides is 3. The van der Waals surface area contributed by atoms with Crippen molar-refractivity contribution >= 4 is 40.1 Å². The Morgan fingerprint density at radius 1 is 1.02 bits per heavy atom. The van der Waals surface area contributed by atoms with Gasteiger partial charge in [-0.3, -0.25) is 4.79 Å². The summed E-state index contributed by atoms with van der Waals surface area (Å²) in [5.41, 5.74) is 4.53. The van der Waals surface area contributed by atoms with Crippen LogP contribution in [0, 0.1) is 5.82 Å². The number of nitrogens with zero attached hydrogens (tertiary/aromatic N) is 1. The van der Waals surface area contributed by atoms with Gasteiger partial charge in [-0.1, -0.05) is 24.3 Å². The number of urea groups is 1. The van der Waals surface area contributed by atoms with E-state index in [-0.39, 0.29) is 36.1 Å². The fourth-order valence-electron chi connectivity index (χ4n) is 4.45. The Morgan fingerprint density at radius 2 is 1.76 bits per heavy atom. The van der Waals surface area contributed by atoms with Crippen LogP contribution in [0.15, 0.2) is 75.4 Å². The number of rotatable bonds is 13. The van der Waals surface area contributed by atoms with E-state index in [1.54, 1.807) is 62.4 Å². The highest BCUT2D eigenvalue weighted by Gasteiger charge is 2.32. The first-order chi connectivity index (χ1) is 22.1. The molecule has 14 heteroatoms. The zero-order chi connectivity index (χ0) is 33.2. The van der Waals surface area contributed by atoms with Gasteiger partial charge in [0.25, 0.3) is 5.91 Å². The van der Waals surface area contributed by atoms with Gasteiger partial charge in [0.1, 0.15) is 12.4 Å².